The van der Waals surface area contributed by atoms with Crippen molar-refractivity contribution in [3.05, 3.63) is 47.5 Å². The summed E-state index contributed by atoms with van der Waals surface area (Å²) < 4.78 is 0. The van der Waals surface area contributed by atoms with E-state index in [1.54, 1.807) is 6.07 Å². The van der Waals surface area contributed by atoms with Gasteiger partial charge in [0, 0.05) is 11.3 Å². The number of aromatic hydroxyl groups is 3. The number of aryl methyl sites for hydroxylation is 1. The summed E-state index contributed by atoms with van der Waals surface area (Å²) in [6.07, 6.45) is -0.104. The summed E-state index contributed by atoms with van der Waals surface area (Å²) in [5.74, 6) is -1.85. The Hall–Kier alpha value is -2.69. The molecule has 0 heterocycles. The first kappa shape index (κ1) is 13.7. The first-order valence-electron chi connectivity index (χ1n) is 6.06. The van der Waals surface area contributed by atoms with Gasteiger partial charge in [0.15, 0.2) is 11.5 Å². The normalized spacial score (nSPS) is 10.2. The first-order chi connectivity index (χ1) is 9.47. The molecule has 5 nitrogen and oxygen atoms in total. The molecule has 2 aromatic carbocycles. The van der Waals surface area contributed by atoms with Crippen LogP contribution in [0.25, 0.3) is 0 Å². The molecular formula is C15H15NO4. The van der Waals surface area contributed by atoms with Gasteiger partial charge in [0.25, 0.3) is 0 Å². The minimum atomic E-state index is -0.620. The number of carbonyl (C=O) groups excluding carboxylic acids is 1. The Balaban J connectivity index is 2.11. The highest BCUT2D eigenvalue weighted by atomic mass is 16.3. The van der Waals surface area contributed by atoms with Gasteiger partial charge in [0.2, 0.25) is 11.7 Å². The second-order valence-electron chi connectivity index (χ2n) is 4.54. The summed E-state index contributed by atoms with van der Waals surface area (Å²) in [5.41, 5.74) is 1.93. The monoisotopic (exact) mass is 273 g/mol. The number of phenolic OH excluding ortho intramolecular Hbond substituents is 3. The molecule has 4 N–H and O–H groups in total. The molecule has 2 rings (SSSR count). The largest absolute Gasteiger partial charge is 0.504 e. The van der Waals surface area contributed by atoms with Crippen molar-refractivity contribution < 1.29 is 20.1 Å². The fraction of sp³-hybridized carbons (Fsp3) is 0.133. The summed E-state index contributed by atoms with van der Waals surface area (Å²) in [4.78, 5) is 11.9. The third-order valence-corrected chi connectivity index (χ3v) is 2.87. The Bertz CT molecular complexity index is 652. The maximum Gasteiger partial charge on any atom is 0.228 e. The molecule has 0 aliphatic heterocycles. The number of carbonyl (C=O) groups is 1. The number of phenols is 3. The van der Waals surface area contributed by atoms with Crippen molar-refractivity contribution in [1.29, 1.82) is 0 Å². The van der Waals surface area contributed by atoms with E-state index < -0.39 is 17.2 Å². The van der Waals surface area contributed by atoms with Gasteiger partial charge in [-0.1, -0.05) is 18.2 Å². The standard InChI is InChI=1S/C15H15NO4/c1-9-3-2-4-11(7-9)16-13(18)8-10-5-6-12(17)15(20)14(10)19/h2-7,17,19-20H,8H2,1H3,(H,16,18). The number of rotatable bonds is 3. The van der Waals surface area contributed by atoms with Gasteiger partial charge in [0.05, 0.1) is 6.42 Å². The molecule has 104 valence electrons. The van der Waals surface area contributed by atoms with E-state index in [-0.39, 0.29) is 17.9 Å². The summed E-state index contributed by atoms with van der Waals surface area (Å²) in [6.45, 7) is 1.92. The average Bonchev–Trinajstić information content (AvgIpc) is 2.39. The van der Waals surface area contributed by atoms with Gasteiger partial charge < -0.3 is 20.6 Å². The van der Waals surface area contributed by atoms with Crippen molar-refractivity contribution in [2.45, 2.75) is 13.3 Å². The highest BCUT2D eigenvalue weighted by Gasteiger charge is 2.14. The maximum absolute atomic E-state index is 11.9. The van der Waals surface area contributed by atoms with Crippen molar-refractivity contribution in [2.24, 2.45) is 0 Å². The van der Waals surface area contributed by atoms with Crippen LogP contribution in [-0.4, -0.2) is 21.2 Å². The second-order valence-corrected chi connectivity index (χ2v) is 4.54. The van der Waals surface area contributed by atoms with Crippen molar-refractivity contribution in [3.63, 3.8) is 0 Å². The highest BCUT2D eigenvalue weighted by molar-refractivity contribution is 5.92. The van der Waals surface area contributed by atoms with Gasteiger partial charge in [-0.25, -0.2) is 0 Å². The van der Waals surface area contributed by atoms with E-state index in [2.05, 4.69) is 5.32 Å². The molecule has 0 bridgehead atoms. The molecule has 0 aromatic heterocycles. The van der Waals surface area contributed by atoms with Crippen LogP contribution >= 0.6 is 0 Å². The lowest BCUT2D eigenvalue weighted by molar-refractivity contribution is -0.115. The molecule has 0 saturated carbocycles. The van der Waals surface area contributed by atoms with Crippen LogP contribution in [0.15, 0.2) is 36.4 Å². The van der Waals surface area contributed by atoms with Crippen LogP contribution in [0.3, 0.4) is 0 Å². The number of benzene rings is 2. The molecule has 0 radical (unpaired) electrons. The van der Waals surface area contributed by atoms with Crippen molar-refractivity contribution in [2.75, 3.05) is 5.32 Å². The number of hydrogen-bond donors (Lipinski definition) is 4. The van der Waals surface area contributed by atoms with Crippen molar-refractivity contribution >= 4 is 11.6 Å². The molecule has 0 aliphatic carbocycles. The Labute approximate surface area is 116 Å². The SMILES string of the molecule is Cc1cccc(NC(=O)Cc2ccc(O)c(O)c2O)c1. The first-order valence-corrected chi connectivity index (χ1v) is 6.06. The highest BCUT2D eigenvalue weighted by Crippen LogP contribution is 2.37. The van der Waals surface area contributed by atoms with Crippen LogP contribution in [0.2, 0.25) is 0 Å². The summed E-state index contributed by atoms with van der Waals surface area (Å²) >= 11 is 0. The molecule has 20 heavy (non-hydrogen) atoms. The van der Waals surface area contributed by atoms with Crippen molar-refractivity contribution in [1.82, 2.24) is 0 Å². The van der Waals surface area contributed by atoms with E-state index >= 15 is 0 Å². The smallest absolute Gasteiger partial charge is 0.228 e. The lowest BCUT2D eigenvalue weighted by Crippen LogP contribution is -2.14. The van der Waals surface area contributed by atoms with E-state index in [0.29, 0.717) is 5.69 Å². The van der Waals surface area contributed by atoms with Crippen LogP contribution in [0.5, 0.6) is 17.2 Å². The number of nitrogens with one attached hydrogen (secondary N) is 1. The molecule has 5 heteroatoms. The topological polar surface area (TPSA) is 89.8 Å². The van der Waals surface area contributed by atoms with E-state index in [1.165, 1.54) is 12.1 Å². The lowest BCUT2D eigenvalue weighted by Gasteiger charge is -2.09. The number of amides is 1. The number of hydrogen-bond acceptors (Lipinski definition) is 4. The Morgan fingerprint density at radius 3 is 2.55 bits per heavy atom. The molecule has 0 atom stereocenters. The molecule has 0 unspecified atom stereocenters. The van der Waals surface area contributed by atoms with E-state index in [0.717, 1.165) is 5.56 Å². The molecule has 0 fully saturated rings. The predicted molar refractivity (Wildman–Crippen MR) is 74.9 cm³/mol. The summed E-state index contributed by atoms with van der Waals surface area (Å²) in [7, 11) is 0. The maximum atomic E-state index is 11.9. The van der Waals surface area contributed by atoms with Gasteiger partial charge in [-0.2, -0.15) is 0 Å². The van der Waals surface area contributed by atoms with Gasteiger partial charge in [-0.05, 0) is 30.7 Å². The van der Waals surface area contributed by atoms with Crippen molar-refractivity contribution in [3.8, 4) is 17.2 Å². The third-order valence-electron chi connectivity index (χ3n) is 2.87. The van der Waals surface area contributed by atoms with Gasteiger partial charge in [-0.3, -0.25) is 4.79 Å². The Morgan fingerprint density at radius 1 is 1.10 bits per heavy atom. The van der Waals surface area contributed by atoms with Gasteiger partial charge >= 0.3 is 0 Å². The minimum absolute atomic E-state index is 0.104. The molecule has 0 saturated heterocycles. The van der Waals surface area contributed by atoms with Crippen LogP contribution in [0.1, 0.15) is 11.1 Å². The molecule has 0 spiro atoms. The quantitative estimate of drug-likeness (QED) is 0.646. The van der Waals surface area contributed by atoms with Crippen LogP contribution in [0, 0.1) is 6.92 Å². The summed E-state index contributed by atoms with van der Waals surface area (Å²) in [6, 6.07) is 9.95. The van der Waals surface area contributed by atoms with E-state index in [4.69, 9.17) is 0 Å². The van der Waals surface area contributed by atoms with Gasteiger partial charge in [-0.15, -0.1) is 0 Å². The Kier molecular flexibility index (Phi) is 3.79. The zero-order valence-electron chi connectivity index (χ0n) is 10.9. The molecule has 1 amide bonds. The second kappa shape index (κ2) is 5.52. The van der Waals surface area contributed by atoms with Crippen LogP contribution < -0.4 is 5.32 Å². The third kappa shape index (κ3) is 3.00. The lowest BCUT2D eigenvalue weighted by atomic mass is 10.1. The fourth-order valence-electron chi connectivity index (χ4n) is 1.85. The molecular weight excluding hydrogens is 258 g/mol. The fourth-order valence-corrected chi connectivity index (χ4v) is 1.85. The summed E-state index contributed by atoms with van der Waals surface area (Å²) in [5, 5.41) is 31.0. The molecule has 0 aliphatic rings. The van der Waals surface area contributed by atoms with E-state index in [1.807, 2.05) is 25.1 Å². The molecule has 2 aromatic rings. The zero-order chi connectivity index (χ0) is 14.7. The van der Waals surface area contributed by atoms with Gasteiger partial charge in [0.1, 0.15) is 0 Å². The number of anilines is 1. The van der Waals surface area contributed by atoms with E-state index in [9.17, 15) is 20.1 Å². The van der Waals surface area contributed by atoms with Crippen LogP contribution in [0.4, 0.5) is 5.69 Å². The van der Waals surface area contributed by atoms with Crippen LogP contribution in [-0.2, 0) is 11.2 Å². The zero-order valence-corrected chi connectivity index (χ0v) is 10.9. The minimum Gasteiger partial charge on any atom is -0.504 e. The average molecular weight is 273 g/mol. The Morgan fingerprint density at radius 2 is 1.85 bits per heavy atom. The predicted octanol–water partition coefficient (Wildman–Crippen LogP) is 2.29.